The molecule has 1 aromatic rings. The standard InChI is InChI=1S/C18H26Si/c1-6-7-16-8-9-17(13-16)19(4,5)18-11-14(2)10-15(3)12-18/h8-13,17H,6-7H2,1-5H3. The van der Waals surface area contributed by atoms with Gasteiger partial charge in [-0.15, -0.1) is 0 Å². The molecule has 0 N–H and O–H groups in total. The fourth-order valence-electron chi connectivity index (χ4n) is 3.01. The molecular weight excluding hydrogens is 244 g/mol. The first-order valence-electron chi connectivity index (χ1n) is 7.41. The van der Waals surface area contributed by atoms with Crippen LogP contribution in [-0.4, -0.2) is 8.07 Å². The van der Waals surface area contributed by atoms with Crippen LogP contribution in [0.15, 0.2) is 42.0 Å². The minimum absolute atomic E-state index is 0.662. The van der Waals surface area contributed by atoms with Gasteiger partial charge in [-0.25, -0.2) is 0 Å². The van der Waals surface area contributed by atoms with Gasteiger partial charge >= 0.3 is 0 Å². The van der Waals surface area contributed by atoms with E-state index in [9.17, 15) is 0 Å². The lowest BCUT2D eigenvalue weighted by molar-refractivity contribution is 0.927. The third-order valence-corrected chi connectivity index (χ3v) is 8.05. The van der Waals surface area contributed by atoms with E-state index in [1.165, 1.54) is 29.5 Å². The van der Waals surface area contributed by atoms with E-state index in [0.717, 1.165) is 0 Å². The lowest BCUT2D eigenvalue weighted by Gasteiger charge is -2.28. The lowest BCUT2D eigenvalue weighted by Crippen LogP contribution is -2.44. The number of hydrogen-bond acceptors (Lipinski definition) is 0. The summed E-state index contributed by atoms with van der Waals surface area (Å²) in [5.74, 6) is 0. The largest absolute Gasteiger partial charge is 0.0912 e. The number of rotatable bonds is 4. The molecule has 0 aromatic heterocycles. The van der Waals surface area contributed by atoms with Crippen LogP contribution in [0.25, 0.3) is 0 Å². The van der Waals surface area contributed by atoms with Crippen molar-refractivity contribution in [3.05, 3.63) is 53.1 Å². The minimum Gasteiger partial charge on any atom is -0.0797 e. The van der Waals surface area contributed by atoms with Gasteiger partial charge in [0, 0.05) is 0 Å². The maximum absolute atomic E-state index is 2.52. The molecule has 1 atom stereocenters. The van der Waals surface area contributed by atoms with Gasteiger partial charge < -0.3 is 0 Å². The van der Waals surface area contributed by atoms with Gasteiger partial charge in [-0.3, -0.25) is 0 Å². The SMILES string of the molecule is CCCC1=CC([Si](C)(C)c2cc(C)cc(C)c2)C=C1. The molecule has 1 unspecified atom stereocenters. The molecule has 0 nitrogen and oxygen atoms in total. The summed E-state index contributed by atoms with van der Waals surface area (Å²) in [5.41, 5.74) is 5.00. The van der Waals surface area contributed by atoms with Crippen molar-refractivity contribution in [2.24, 2.45) is 0 Å². The van der Waals surface area contributed by atoms with Crippen LogP contribution >= 0.6 is 0 Å². The van der Waals surface area contributed by atoms with E-state index >= 15 is 0 Å². The maximum Gasteiger partial charge on any atom is 0.0912 e. The number of allylic oxidation sites excluding steroid dienone is 4. The van der Waals surface area contributed by atoms with Crippen molar-refractivity contribution >= 4 is 13.3 Å². The fourth-order valence-corrected chi connectivity index (χ4v) is 5.80. The van der Waals surface area contributed by atoms with Crippen molar-refractivity contribution in [1.82, 2.24) is 0 Å². The van der Waals surface area contributed by atoms with Crippen LogP contribution in [-0.2, 0) is 0 Å². The Morgan fingerprint density at radius 3 is 2.26 bits per heavy atom. The van der Waals surface area contributed by atoms with Crippen molar-refractivity contribution in [3.63, 3.8) is 0 Å². The number of hydrogen-bond donors (Lipinski definition) is 0. The normalized spacial score (nSPS) is 18.8. The molecule has 19 heavy (non-hydrogen) atoms. The molecular formula is C18H26Si. The van der Waals surface area contributed by atoms with Gasteiger partial charge in [0.25, 0.3) is 0 Å². The average Bonchev–Trinajstić information content (AvgIpc) is 2.77. The first-order valence-corrected chi connectivity index (χ1v) is 10.5. The third kappa shape index (κ3) is 3.09. The Bertz CT molecular complexity index is 500. The zero-order chi connectivity index (χ0) is 14.0. The second kappa shape index (κ2) is 5.50. The summed E-state index contributed by atoms with van der Waals surface area (Å²) in [6, 6.07) is 7.08. The van der Waals surface area contributed by atoms with Gasteiger partial charge in [0.2, 0.25) is 0 Å². The molecule has 0 heterocycles. The van der Waals surface area contributed by atoms with Crippen molar-refractivity contribution in [2.45, 2.75) is 52.2 Å². The quantitative estimate of drug-likeness (QED) is 0.684. The Kier molecular flexibility index (Phi) is 4.15. The second-order valence-electron chi connectivity index (χ2n) is 6.47. The van der Waals surface area contributed by atoms with Crippen LogP contribution in [0.1, 0.15) is 30.9 Å². The molecule has 1 aliphatic carbocycles. The molecule has 0 radical (unpaired) electrons. The summed E-state index contributed by atoms with van der Waals surface area (Å²) in [6.07, 6.45) is 9.78. The molecule has 0 aliphatic heterocycles. The van der Waals surface area contributed by atoms with Gasteiger partial charge in [-0.05, 0) is 25.8 Å². The van der Waals surface area contributed by atoms with Gasteiger partial charge in [0.05, 0.1) is 8.07 Å². The summed E-state index contributed by atoms with van der Waals surface area (Å²) in [4.78, 5) is 0. The van der Waals surface area contributed by atoms with E-state index < -0.39 is 8.07 Å². The van der Waals surface area contributed by atoms with Crippen molar-refractivity contribution in [3.8, 4) is 0 Å². The van der Waals surface area contributed by atoms with Crippen LogP contribution in [0, 0.1) is 13.8 Å². The highest BCUT2D eigenvalue weighted by Crippen LogP contribution is 2.33. The number of aryl methyl sites for hydroxylation is 2. The maximum atomic E-state index is 2.52. The summed E-state index contributed by atoms with van der Waals surface area (Å²) in [6.45, 7) is 11.7. The molecule has 1 heteroatoms. The number of benzene rings is 1. The van der Waals surface area contributed by atoms with Crippen LogP contribution in [0.4, 0.5) is 0 Å². The Morgan fingerprint density at radius 1 is 1.05 bits per heavy atom. The first kappa shape index (κ1) is 14.3. The van der Waals surface area contributed by atoms with E-state index in [-0.39, 0.29) is 0 Å². The molecule has 1 aliphatic rings. The zero-order valence-corrected chi connectivity index (χ0v) is 14.0. The van der Waals surface area contributed by atoms with Crippen LogP contribution in [0.2, 0.25) is 18.6 Å². The molecule has 1 aromatic carbocycles. The third-order valence-electron chi connectivity index (χ3n) is 4.25. The van der Waals surface area contributed by atoms with E-state index in [4.69, 9.17) is 0 Å². The monoisotopic (exact) mass is 270 g/mol. The Balaban J connectivity index is 2.30. The first-order chi connectivity index (χ1) is 8.93. The van der Waals surface area contributed by atoms with Crippen LogP contribution in [0.3, 0.4) is 0 Å². The molecule has 0 spiro atoms. The molecule has 0 bridgehead atoms. The minimum atomic E-state index is -1.44. The highest BCUT2D eigenvalue weighted by molar-refractivity contribution is 6.91. The predicted octanol–water partition coefficient (Wildman–Crippen LogP) is 4.89. The van der Waals surface area contributed by atoms with Gasteiger partial charge in [-0.2, -0.15) is 0 Å². The Labute approximate surface area is 119 Å². The second-order valence-corrected chi connectivity index (χ2v) is 11.2. The highest BCUT2D eigenvalue weighted by Gasteiger charge is 2.32. The fraction of sp³-hybridized carbons (Fsp3) is 0.444. The topological polar surface area (TPSA) is 0 Å². The summed E-state index contributed by atoms with van der Waals surface area (Å²) < 4.78 is 0. The smallest absolute Gasteiger partial charge is 0.0797 e. The average molecular weight is 270 g/mol. The van der Waals surface area contributed by atoms with Crippen molar-refractivity contribution in [2.75, 3.05) is 0 Å². The Morgan fingerprint density at radius 2 is 1.68 bits per heavy atom. The van der Waals surface area contributed by atoms with Crippen LogP contribution < -0.4 is 5.19 Å². The zero-order valence-electron chi connectivity index (χ0n) is 13.0. The summed E-state index contributed by atoms with van der Waals surface area (Å²) in [7, 11) is -1.44. The Hall–Kier alpha value is -1.08. The lowest BCUT2D eigenvalue weighted by atomic mass is 10.2. The van der Waals surface area contributed by atoms with E-state index in [0.29, 0.717) is 5.54 Å². The molecule has 102 valence electrons. The van der Waals surface area contributed by atoms with Crippen molar-refractivity contribution in [1.29, 1.82) is 0 Å². The van der Waals surface area contributed by atoms with E-state index in [2.05, 4.69) is 70.3 Å². The summed E-state index contributed by atoms with van der Waals surface area (Å²) in [5, 5.41) is 1.59. The highest BCUT2D eigenvalue weighted by atomic mass is 28.3. The molecule has 0 amide bonds. The van der Waals surface area contributed by atoms with Crippen LogP contribution in [0.5, 0.6) is 0 Å². The van der Waals surface area contributed by atoms with E-state index in [1.807, 2.05) is 0 Å². The predicted molar refractivity (Wildman–Crippen MR) is 88.9 cm³/mol. The van der Waals surface area contributed by atoms with E-state index in [1.54, 1.807) is 5.19 Å². The molecule has 0 saturated carbocycles. The molecule has 0 fully saturated rings. The molecule has 0 saturated heterocycles. The van der Waals surface area contributed by atoms with Gasteiger partial charge in [0.15, 0.2) is 0 Å². The van der Waals surface area contributed by atoms with Gasteiger partial charge in [0.1, 0.15) is 0 Å². The van der Waals surface area contributed by atoms with Gasteiger partial charge in [-0.1, -0.05) is 84.8 Å². The van der Waals surface area contributed by atoms with Crippen molar-refractivity contribution < 1.29 is 0 Å². The summed E-state index contributed by atoms with van der Waals surface area (Å²) >= 11 is 0. The molecule has 2 rings (SSSR count).